The Kier molecular flexibility index (Phi) is 8.76. The number of nitrogens with zero attached hydrogens (tertiary/aromatic N) is 5. The van der Waals surface area contributed by atoms with Crippen molar-refractivity contribution in [1.82, 2.24) is 35.4 Å². The van der Waals surface area contributed by atoms with Crippen molar-refractivity contribution < 1.29 is 28.7 Å². The number of amides is 3. The van der Waals surface area contributed by atoms with Gasteiger partial charge < -0.3 is 25.6 Å². The predicted molar refractivity (Wildman–Crippen MR) is 154 cm³/mol. The second-order valence-corrected chi connectivity index (χ2v) is 10.3. The van der Waals surface area contributed by atoms with Crippen LogP contribution in [0.4, 0.5) is 10.1 Å². The fourth-order valence-electron chi connectivity index (χ4n) is 4.78. The summed E-state index contributed by atoms with van der Waals surface area (Å²) in [4.78, 5) is 55.2. The van der Waals surface area contributed by atoms with E-state index in [1.807, 2.05) is 0 Å². The van der Waals surface area contributed by atoms with Gasteiger partial charge in [-0.25, -0.2) is 9.18 Å². The van der Waals surface area contributed by atoms with Crippen LogP contribution >= 0.6 is 11.6 Å². The molecule has 1 fully saturated rings. The molecule has 2 aromatic carbocycles. The number of piperidine rings is 1. The van der Waals surface area contributed by atoms with E-state index in [4.69, 9.17) is 11.6 Å². The van der Waals surface area contributed by atoms with E-state index in [0.717, 1.165) is 25.3 Å². The Labute approximate surface area is 248 Å². The lowest BCUT2D eigenvalue weighted by Gasteiger charge is -2.28. The monoisotopic (exact) mass is 608 g/mol. The third-order valence-corrected chi connectivity index (χ3v) is 7.24. The number of halogens is 2. The summed E-state index contributed by atoms with van der Waals surface area (Å²) in [6.07, 6.45) is 5.85. The minimum atomic E-state index is -1.27. The molecule has 0 saturated carbocycles. The van der Waals surface area contributed by atoms with Crippen molar-refractivity contribution in [3.8, 4) is 5.69 Å². The normalized spacial score (nSPS) is 14.1. The van der Waals surface area contributed by atoms with E-state index in [1.54, 1.807) is 23.1 Å². The van der Waals surface area contributed by atoms with Gasteiger partial charge in [-0.05, 0) is 72.2 Å². The summed E-state index contributed by atoms with van der Waals surface area (Å²) >= 11 is 5.95. The van der Waals surface area contributed by atoms with Gasteiger partial charge in [0.2, 0.25) is 17.7 Å². The molecule has 1 atom stereocenters. The fourth-order valence-corrected chi connectivity index (χ4v) is 4.94. The first-order valence-electron chi connectivity index (χ1n) is 13.3. The molecule has 0 spiro atoms. The molecule has 4 aromatic rings. The third kappa shape index (κ3) is 6.86. The standard InChI is InChI=1S/C28H26ClFN8O5/c29-19-6-8-23(38-15-31-35-36-38)18(26(19)30)5-9-24(39)34-21(14-25(40)37-10-2-1-3-11-37)27(41)32-17-4-7-20-16(12-17)13-22(33-20)28(42)43/h4-9,12-13,15,21,33H,1-3,10-11,14H2,(H,32,41)(H,34,39)(H,42,43)/b9-5+. The Morgan fingerprint density at radius 2 is 1.91 bits per heavy atom. The number of hydrogen-bond donors (Lipinski definition) is 4. The van der Waals surface area contributed by atoms with Gasteiger partial charge in [-0.15, -0.1) is 5.10 Å². The summed E-state index contributed by atoms with van der Waals surface area (Å²) in [6.45, 7) is 1.12. The van der Waals surface area contributed by atoms with E-state index in [1.165, 1.54) is 35.3 Å². The Morgan fingerprint density at radius 1 is 1.12 bits per heavy atom. The smallest absolute Gasteiger partial charge is 0.352 e. The number of carbonyl (C=O) groups is 4. The molecule has 4 N–H and O–H groups in total. The van der Waals surface area contributed by atoms with Crippen molar-refractivity contribution in [3.05, 3.63) is 70.9 Å². The molecule has 1 unspecified atom stereocenters. The first kappa shape index (κ1) is 29.4. The van der Waals surface area contributed by atoms with Gasteiger partial charge in [0.05, 0.1) is 17.1 Å². The molecule has 13 nitrogen and oxygen atoms in total. The summed E-state index contributed by atoms with van der Waals surface area (Å²) in [5.41, 5.74) is 1.03. The number of rotatable bonds is 9. The maximum absolute atomic E-state index is 14.9. The Balaban J connectivity index is 1.36. The third-order valence-electron chi connectivity index (χ3n) is 6.95. The highest BCUT2D eigenvalue weighted by Crippen LogP contribution is 2.25. The number of carbonyl (C=O) groups excluding carboxylic acids is 3. The summed E-state index contributed by atoms with van der Waals surface area (Å²) in [7, 11) is 0. The van der Waals surface area contributed by atoms with Gasteiger partial charge in [0, 0.05) is 41.3 Å². The number of carboxylic acids is 1. The van der Waals surface area contributed by atoms with Crippen LogP contribution in [-0.2, 0) is 14.4 Å². The van der Waals surface area contributed by atoms with Crippen molar-refractivity contribution in [2.45, 2.75) is 31.7 Å². The number of aromatic nitrogens is 5. The molecule has 0 aliphatic carbocycles. The van der Waals surface area contributed by atoms with Gasteiger partial charge in [0.25, 0.3) is 0 Å². The van der Waals surface area contributed by atoms with Crippen molar-refractivity contribution in [1.29, 1.82) is 0 Å². The van der Waals surface area contributed by atoms with Crippen molar-refractivity contribution in [2.75, 3.05) is 18.4 Å². The zero-order valence-corrected chi connectivity index (χ0v) is 23.3. The van der Waals surface area contributed by atoms with E-state index in [2.05, 4.69) is 31.1 Å². The number of carboxylic acid groups (broad SMARTS) is 1. The molecule has 3 heterocycles. The molecule has 222 valence electrons. The molecular weight excluding hydrogens is 583 g/mol. The largest absolute Gasteiger partial charge is 0.477 e. The lowest BCUT2D eigenvalue weighted by Crippen LogP contribution is -2.47. The first-order chi connectivity index (χ1) is 20.7. The average molecular weight is 609 g/mol. The molecule has 1 aliphatic heterocycles. The number of aromatic carboxylic acids is 1. The van der Waals surface area contributed by atoms with Crippen LogP contribution in [0, 0.1) is 5.82 Å². The Morgan fingerprint density at radius 3 is 2.63 bits per heavy atom. The number of anilines is 1. The van der Waals surface area contributed by atoms with E-state index >= 15 is 0 Å². The highest BCUT2D eigenvalue weighted by Gasteiger charge is 2.27. The number of likely N-dealkylation sites (tertiary alicyclic amines) is 1. The minimum absolute atomic E-state index is 0.0121. The summed E-state index contributed by atoms with van der Waals surface area (Å²) in [6, 6.07) is 7.70. The Bertz CT molecular complexity index is 1720. The van der Waals surface area contributed by atoms with Crippen LogP contribution in [0.15, 0.2) is 48.8 Å². The number of hydrogen-bond acceptors (Lipinski definition) is 7. The van der Waals surface area contributed by atoms with E-state index in [0.29, 0.717) is 29.7 Å². The summed E-state index contributed by atoms with van der Waals surface area (Å²) < 4.78 is 16.1. The van der Waals surface area contributed by atoms with Crippen molar-refractivity contribution in [3.63, 3.8) is 0 Å². The number of fused-ring (bicyclic) bond motifs is 1. The van der Waals surface area contributed by atoms with E-state index in [9.17, 15) is 28.7 Å². The second-order valence-electron chi connectivity index (χ2n) is 9.87. The lowest BCUT2D eigenvalue weighted by atomic mass is 10.1. The fraction of sp³-hybridized carbons (Fsp3) is 0.250. The quantitative estimate of drug-likeness (QED) is 0.209. The minimum Gasteiger partial charge on any atom is -0.477 e. The van der Waals surface area contributed by atoms with Gasteiger partial charge in [0.15, 0.2) is 5.82 Å². The SMILES string of the molecule is O=C(/C=C/c1c(-n2cnnn2)ccc(Cl)c1F)NC(CC(=O)N1CCCCC1)C(=O)Nc1ccc2[nH]c(C(=O)O)cc2c1. The molecule has 1 aliphatic rings. The average Bonchev–Trinajstić information content (AvgIpc) is 3.68. The van der Waals surface area contributed by atoms with Crippen LogP contribution in [0.2, 0.25) is 5.02 Å². The van der Waals surface area contributed by atoms with Crippen LogP contribution in [0.1, 0.15) is 41.7 Å². The molecule has 0 bridgehead atoms. The van der Waals surface area contributed by atoms with Crippen LogP contribution in [0.5, 0.6) is 0 Å². The molecule has 43 heavy (non-hydrogen) atoms. The molecule has 1 saturated heterocycles. The van der Waals surface area contributed by atoms with E-state index in [-0.39, 0.29) is 34.3 Å². The van der Waals surface area contributed by atoms with Crippen LogP contribution in [0.25, 0.3) is 22.7 Å². The summed E-state index contributed by atoms with van der Waals surface area (Å²) in [5, 5.41) is 25.7. The molecular formula is C28H26ClFN8O5. The number of aromatic amines is 1. The highest BCUT2D eigenvalue weighted by molar-refractivity contribution is 6.31. The van der Waals surface area contributed by atoms with Gasteiger partial charge in [-0.2, -0.15) is 4.68 Å². The van der Waals surface area contributed by atoms with Crippen molar-refractivity contribution in [2.24, 2.45) is 0 Å². The van der Waals surface area contributed by atoms with Crippen LogP contribution < -0.4 is 10.6 Å². The number of tetrazole rings is 1. The first-order valence-corrected chi connectivity index (χ1v) is 13.7. The molecule has 2 aromatic heterocycles. The predicted octanol–water partition coefficient (Wildman–Crippen LogP) is 3.17. The topological polar surface area (TPSA) is 175 Å². The highest BCUT2D eigenvalue weighted by atomic mass is 35.5. The van der Waals surface area contributed by atoms with Crippen LogP contribution in [-0.4, -0.2) is 78.0 Å². The number of H-pyrrole nitrogens is 1. The maximum Gasteiger partial charge on any atom is 0.352 e. The molecule has 3 amide bonds. The van der Waals surface area contributed by atoms with Crippen LogP contribution in [0.3, 0.4) is 0 Å². The van der Waals surface area contributed by atoms with E-state index < -0.39 is 29.6 Å². The second kappa shape index (κ2) is 12.8. The van der Waals surface area contributed by atoms with Gasteiger partial charge >= 0.3 is 5.97 Å². The zero-order chi connectivity index (χ0) is 30.5. The molecule has 0 radical (unpaired) electrons. The molecule has 5 rings (SSSR count). The Hall–Kier alpha value is -5.11. The maximum atomic E-state index is 14.9. The van der Waals surface area contributed by atoms with Crippen molar-refractivity contribution >= 4 is 58.0 Å². The molecule has 15 heteroatoms. The van der Waals surface area contributed by atoms with Gasteiger partial charge in [-0.3, -0.25) is 14.4 Å². The zero-order valence-electron chi connectivity index (χ0n) is 22.6. The van der Waals surface area contributed by atoms with Gasteiger partial charge in [-0.1, -0.05) is 11.6 Å². The number of nitrogens with one attached hydrogen (secondary N) is 3. The number of benzene rings is 2. The lowest BCUT2D eigenvalue weighted by molar-refractivity contribution is -0.135. The summed E-state index contributed by atoms with van der Waals surface area (Å²) in [5.74, 6) is -3.65. The van der Waals surface area contributed by atoms with Gasteiger partial charge in [0.1, 0.15) is 18.1 Å².